The monoisotopic (exact) mass is 323 g/mol. The van der Waals surface area contributed by atoms with E-state index in [4.69, 9.17) is 0 Å². The lowest BCUT2D eigenvalue weighted by molar-refractivity contribution is -0.384. The topological polar surface area (TPSA) is 92.6 Å². The predicted octanol–water partition coefficient (Wildman–Crippen LogP) is 2.32. The third-order valence-corrected chi connectivity index (χ3v) is 3.72. The second kappa shape index (κ2) is 5.94. The summed E-state index contributed by atoms with van der Waals surface area (Å²) < 4.78 is 13.7. The molecule has 2 rings (SSSR count). The van der Waals surface area contributed by atoms with Gasteiger partial charge in [0.05, 0.1) is 16.5 Å². The smallest absolute Gasteiger partial charge is 0.271 e. The number of rotatable bonds is 3. The summed E-state index contributed by atoms with van der Waals surface area (Å²) in [4.78, 5) is 35.9. The number of benzene rings is 1. The summed E-state index contributed by atoms with van der Waals surface area (Å²) in [6, 6.07) is 2.91. The number of nitrogens with one attached hydrogen (secondary N) is 1. The van der Waals surface area contributed by atoms with Gasteiger partial charge < -0.3 is 10.2 Å². The molecule has 0 aromatic heterocycles. The van der Waals surface area contributed by atoms with Crippen LogP contribution in [0.15, 0.2) is 18.2 Å². The minimum absolute atomic E-state index is 0.0413. The number of hydrogen-bond acceptors (Lipinski definition) is 4. The Balaban J connectivity index is 2.13. The Hall–Kier alpha value is -2.51. The number of likely N-dealkylation sites (tertiary alicyclic amines) is 1. The van der Waals surface area contributed by atoms with Gasteiger partial charge in [-0.25, -0.2) is 4.39 Å². The van der Waals surface area contributed by atoms with E-state index >= 15 is 0 Å². The molecule has 0 bridgehead atoms. The van der Waals surface area contributed by atoms with E-state index in [0.717, 1.165) is 18.2 Å². The molecule has 0 spiro atoms. The molecule has 2 amide bonds. The lowest BCUT2D eigenvalue weighted by atomic mass is 10.1. The first-order valence-electron chi connectivity index (χ1n) is 7.15. The molecule has 7 nitrogen and oxygen atoms in total. The van der Waals surface area contributed by atoms with Crippen molar-refractivity contribution in [2.75, 3.05) is 11.9 Å². The highest BCUT2D eigenvalue weighted by Gasteiger charge is 2.39. The molecule has 1 atom stereocenters. The summed E-state index contributed by atoms with van der Waals surface area (Å²) in [6.45, 7) is 5.84. The summed E-state index contributed by atoms with van der Waals surface area (Å²) >= 11 is 0. The van der Waals surface area contributed by atoms with Gasteiger partial charge in [-0.2, -0.15) is 0 Å². The maximum Gasteiger partial charge on any atom is 0.271 e. The fraction of sp³-hybridized carbons (Fsp3) is 0.467. The second-order valence-electron chi connectivity index (χ2n) is 6.49. The van der Waals surface area contributed by atoms with Crippen LogP contribution < -0.4 is 5.32 Å². The Morgan fingerprint density at radius 2 is 2.09 bits per heavy atom. The van der Waals surface area contributed by atoms with Crippen LogP contribution in [0.2, 0.25) is 0 Å². The van der Waals surface area contributed by atoms with Crippen LogP contribution in [0.25, 0.3) is 0 Å². The summed E-state index contributed by atoms with van der Waals surface area (Å²) in [7, 11) is 0. The maximum absolute atomic E-state index is 13.7. The summed E-state index contributed by atoms with van der Waals surface area (Å²) in [6.07, 6.45) is 0.0413. The molecule has 0 unspecified atom stereocenters. The number of non-ortho nitro benzene ring substituents is 1. The molecule has 1 heterocycles. The lowest BCUT2D eigenvalue weighted by Gasteiger charge is -2.31. The van der Waals surface area contributed by atoms with Gasteiger partial charge in [-0.3, -0.25) is 19.7 Å². The zero-order chi connectivity index (χ0) is 17.4. The molecule has 1 N–H and O–H groups in total. The van der Waals surface area contributed by atoms with Crippen LogP contribution in [0.3, 0.4) is 0 Å². The third kappa shape index (κ3) is 3.64. The van der Waals surface area contributed by atoms with Crippen LogP contribution >= 0.6 is 0 Å². The van der Waals surface area contributed by atoms with Gasteiger partial charge in [-0.05, 0) is 26.8 Å². The van der Waals surface area contributed by atoms with Gasteiger partial charge in [-0.15, -0.1) is 0 Å². The first kappa shape index (κ1) is 16.9. The molecule has 23 heavy (non-hydrogen) atoms. The van der Waals surface area contributed by atoms with E-state index in [2.05, 4.69) is 5.32 Å². The molecule has 0 saturated carbocycles. The van der Waals surface area contributed by atoms with E-state index < -0.39 is 28.1 Å². The van der Waals surface area contributed by atoms with Gasteiger partial charge in [0.2, 0.25) is 11.8 Å². The molecule has 0 aliphatic carbocycles. The number of halogens is 1. The fourth-order valence-electron chi connectivity index (χ4n) is 2.49. The van der Waals surface area contributed by atoms with Crippen molar-refractivity contribution in [2.24, 2.45) is 5.92 Å². The van der Waals surface area contributed by atoms with Gasteiger partial charge in [0, 0.05) is 30.6 Å². The van der Waals surface area contributed by atoms with Crippen molar-refractivity contribution in [2.45, 2.75) is 32.7 Å². The van der Waals surface area contributed by atoms with Gasteiger partial charge in [-0.1, -0.05) is 0 Å². The van der Waals surface area contributed by atoms with E-state index in [9.17, 15) is 24.1 Å². The van der Waals surface area contributed by atoms with Crippen LogP contribution in [0.1, 0.15) is 27.2 Å². The second-order valence-corrected chi connectivity index (χ2v) is 6.49. The molecule has 1 aliphatic heterocycles. The highest BCUT2D eigenvalue weighted by atomic mass is 19.1. The molecule has 0 radical (unpaired) electrons. The number of carbonyl (C=O) groups excluding carboxylic acids is 2. The average Bonchev–Trinajstić information content (AvgIpc) is 2.83. The molecule has 1 saturated heterocycles. The Labute approximate surface area is 132 Å². The zero-order valence-electron chi connectivity index (χ0n) is 13.1. The summed E-state index contributed by atoms with van der Waals surface area (Å²) in [5.41, 5.74) is -0.977. The summed E-state index contributed by atoms with van der Waals surface area (Å²) in [5.74, 6) is -2.04. The molecule has 1 fully saturated rings. The molecular weight excluding hydrogens is 305 g/mol. The number of nitro groups is 1. The minimum Gasteiger partial charge on any atom is -0.337 e. The minimum atomic E-state index is -0.763. The van der Waals surface area contributed by atoms with E-state index in [1.165, 1.54) is 0 Å². The first-order chi connectivity index (χ1) is 10.6. The van der Waals surface area contributed by atoms with Crippen molar-refractivity contribution in [1.82, 2.24) is 4.90 Å². The van der Waals surface area contributed by atoms with Crippen molar-refractivity contribution in [1.29, 1.82) is 0 Å². The molecular formula is C15H18FN3O4. The largest absolute Gasteiger partial charge is 0.337 e. The molecule has 124 valence electrons. The third-order valence-electron chi connectivity index (χ3n) is 3.72. The average molecular weight is 323 g/mol. The maximum atomic E-state index is 13.7. The van der Waals surface area contributed by atoms with E-state index in [0.29, 0.717) is 0 Å². The van der Waals surface area contributed by atoms with Crippen molar-refractivity contribution in [3.05, 3.63) is 34.1 Å². The summed E-state index contributed by atoms with van der Waals surface area (Å²) in [5, 5.41) is 13.1. The lowest BCUT2D eigenvalue weighted by Crippen LogP contribution is -2.42. The number of nitro benzene ring substituents is 1. The van der Waals surface area contributed by atoms with Crippen molar-refractivity contribution in [3.8, 4) is 0 Å². The van der Waals surface area contributed by atoms with Gasteiger partial charge in [0.25, 0.3) is 5.69 Å². The van der Waals surface area contributed by atoms with E-state index in [1.54, 1.807) is 4.90 Å². The number of anilines is 1. The molecule has 8 heteroatoms. The van der Waals surface area contributed by atoms with Crippen LogP contribution in [-0.4, -0.2) is 33.7 Å². The quantitative estimate of drug-likeness (QED) is 0.682. The van der Waals surface area contributed by atoms with Crippen molar-refractivity contribution < 1.29 is 18.9 Å². The van der Waals surface area contributed by atoms with Crippen LogP contribution in [0.4, 0.5) is 15.8 Å². The van der Waals surface area contributed by atoms with Crippen LogP contribution in [0.5, 0.6) is 0 Å². The van der Waals surface area contributed by atoms with Crippen LogP contribution in [-0.2, 0) is 9.59 Å². The van der Waals surface area contributed by atoms with Gasteiger partial charge in [0.1, 0.15) is 5.82 Å². The predicted molar refractivity (Wildman–Crippen MR) is 81.3 cm³/mol. The molecule has 1 aliphatic rings. The van der Waals surface area contributed by atoms with Crippen molar-refractivity contribution in [3.63, 3.8) is 0 Å². The van der Waals surface area contributed by atoms with E-state index in [-0.39, 0.29) is 30.2 Å². The number of nitrogens with zero attached hydrogens (tertiary/aromatic N) is 2. The highest BCUT2D eigenvalue weighted by molar-refractivity contribution is 5.97. The SMILES string of the molecule is CC(C)(C)N1C[C@H](C(=O)Nc2cc([N+](=O)[O-])ccc2F)CC1=O. The number of hydrogen-bond donors (Lipinski definition) is 1. The number of carbonyl (C=O) groups is 2. The van der Waals surface area contributed by atoms with Crippen LogP contribution in [0, 0.1) is 21.8 Å². The number of amides is 2. The van der Waals surface area contributed by atoms with Gasteiger partial charge in [0.15, 0.2) is 0 Å². The highest BCUT2D eigenvalue weighted by Crippen LogP contribution is 2.28. The Bertz CT molecular complexity index is 669. The Morgan fingerprint density at radius 1 is 1.43 bits per heavy atom. The Kier molecular flexibility index (Phi) is 4.35. The molecule has 1 aromatic rings. The van der Waals surface area contributed by atoms with Crippen molar-refractivity contribution >= 4 is 23.2 Å². The normalized spacial score (nSPS) is 18.2. The Morgan fingerprint density at radius 3 is 2.61 bits per heavy atom. The fourth-order valence-corrected chi connectivity index (χ4v) is 2.49. The van der Waals surface area contributed by atoms with Gasteiger partial charge >= 0.3 is 0 Å². The van der Waals surface area contributed by atoms with E-state index in [1.807, 2.05) is 20.8 Å². The zero-order valence-corrected chi connectivity index (χ0v) is 13.1. The first-order valence-corrected chi connectivity index (χ1v) is 7.15. The standard InChI is InChI=1S/C15H18FN3O4/c1-15(2,3)18-8-9(6-13(18)20)14(21)17-12-7-10(19(22)23)4-5-11(12)16/h4-5,7,9H,6,8H2,1-3H3,(H,17,21)/t9-/m1/s1. The molecule has 1 aromatic carbocycles.